The van der Waals surface area contributed by atoms with Crippen LogP contribution in [0.25, 0.3) is 0 Å². The van der Waals surface area contributed by atoms with Gasteiger partial charge in [-0.3, -0.25) is 13.9 Å². The van der Waals surface area contributed by atoms with E-state index in [-0.39, 0.29) is 23.4 Å². The average molecular weight is 576 g/mol. The van der Waals surface area contributed by atoms with Gasteiger partial charge in [0.05, 0.1) is 10.6 Å². The first-order valence-corrected chi connectivity index (χ1v) is 15.8. The van der Waals surface area contributed by atoms with E-state index in [1.165, 1.54) is 4.31 Å². The van der Waals surface area contributed by atoms with Crippen LogP contribution in [0.15, 0.2) is 77.7 Å². The first-order chi connectivity index (χ1) is 19.6. The van der Waals surface area contributed by atoms with Gasteiger partial charge in [0.15, 0.2) is 0 Å². The van der Waals surface area contributed by atoms with E-state index in [1.54, 1.807) is 41.3 Å². The summed E-state index contributed by atoms with van der Waals surface area (Å²) in [6, 6.07) is 21.0. The Balaban J connectivity index is 1.72. The normalized spacial score (nSPS) is 14.4. The molecule has 3 aromatic rings. The minimum atomic E-state index is -4.09. The third kappa shape index (κ3) is 7.36. The van der Waals surface area contributed by atoms with Crippen LogP contribution in [-0.4, -0.2) is 43.8 Å². The monoisotopic (exact) mass is 575 g/mol. The predicted octanol–water partition coefficient (Wildman–Crippen LogP) is 5.67. The first kappa shape index (κ1) is 30.3. The highest BCUT2D eigenvalue weighted by molar-refractivity contribution is 7.92. The van der Waals surface area contributed by atoms with Gasteiger partial charge in [0.25, 0.3) is 10.0 Å². The van der Waals surface area contributed by atoms with Gasteiger partial charge in [-0.05, 0) is 69.4 Å². The lowest BCUT2D eigenvalue weighted by atomic mass is 10.1. The van der Waals surface area contributed by atoms with Crippen LogP contribution in [0.5, 0.6) is 0 Å². The molecule has 1 N–H and O–H groups in total. The molecule has 1 atom stereocenters. The summed E-state index contributed by atoms with van der Waals surface area (Å²) in [6.45, 7) is 7.35. The van der Waals surface area contributed by atoms with Crippen LogP contribution in [-0.2, 0) is 26.2 Å². The maximum absolute atomic E-state index is 14.2. The summed E-state index contributed by atoms with van der Waals surface area (Å²) in [7, 11) is -4.09. The number of benzene rings is 3. The molecular weight excluding hydrogens is 534 g/mol. The van der Waals surface area contributed by atoms with Crippen LogP contribution in [0.1, 0.15) is 61.3 Å². The zero-order valence-corrected chi connectivity index (χ0v) is 25.3. The number of anilines is 1. The fraction of sp³-hybridized carbons (Fsp3) is 0.394. The van der Waals surface area contributed by atoms with Crippen molar-refractivity contribution in [3.05, 3.63) is 95.1 Å². The van der Waals surface area contributed by atoms with Crippen LogP contribution in [0.3, 0.4) is 0 Å². The predicted molar refractivity (Wildman–Crippen MR) is 163 cm³/mol. The highest BCUT2D eigenvalue weighted by Crippen LogP contribution is 2.28. The van der Waals surface area contributed by atoms with Crippen LogP contribution < -0.4 is 9.62 Å². The molecule has 0 aliphatic heterocycles. The summed E-state index contributed by atoms with van der Waals surface area (Å²) in [6.07, 6.45) is 4.44. The summed E-state index contributed by atoms with van der Waals surface area (Å²) in [5.41, 5.74) is 4.02. The lowest BCUT2D eigenvalue weighted by Crippen LogP contribution is -2.53. The number of carbonyl (C=O) groups excluding carboxylic acids is 2. The number of nitrogens with zero attached hydrogens (tertiary/aromatic N) is 2. The number of nitrogens with one attached hydrogen (secondary N) is 1. The molecule has 0 bridgehead atoms. The summed E-state index contributed by atoms with van der Waals surface area (Å²) < 4.78 is 29.3. The largest absolute Gasteiger partial charge is 0.352 e. The van der Waals surface area contributed by atoms with Crippen molar-refractivity contribution < 1.29 is 18.0 Å². The van der Waals surface area contributed by atoms with Crippen molar-refractivity contribution in [2.24, 2.45) is 0 Å². The maximum Gasteiger partial charge on any atom is 0.264 e. The van der Waals surface area contributed by atoms with Crippen molar-refractivity contribution in [3.8, 4) is 0 Å². The molecule has 3 aromatic carbocycles. The highest BCUT2D eigenvalue weighted by Gasteiger charge is 2.35. The van der Waals surface area contributed by atoms with Gasteiger partial charge in [-0.25, -0.2) is 8.42 Å². The van der Waals surface area contributed by atoms with E-state index in [1.807, 2.05) is 64.1 Å². The second-order valence-corrected chi connectivity index (χ2v) is 12.9. The van der Waals surface area contributed by atoms with E-state index in [4.69, 9.17) is 0 Å². The van der Waals surface area contributed by atoms with E-state index in [0.29, 0.717) is 12.1 Å². The molecule has 1 aliphatic carbocycles. The van der Waals surface area contributed by atoms with Crippen molar-refractivity contribution in [2.75, 3.05) is 10.8 Å². The molecule has 0 aromatic heterocycles. The standard InChI is InChI=1S/C33H41N3O4S/c1-5-30(33(38)34-28-14-7-8-15-28)35(22-27-13-10-11-25(3)21-27)32(37)23-36(31-16-9-6-12-26(31)4)41(39,40)29-19-17-24(2)18-20-29/h6,9-13,16-21,28,30H,5,7-8,14-15,22-23H2,1-4H3,(H,34,38). The molecule has 7 nitrogen and oxygen atoms in total. The summed E-state index contributed by atoms with van der Waals surface area (Å²) in [4.78, 5) is 29.5. The zero-order valence-electron chi connectivity index (χ0n) is 24.5. The molecule has 41 heavy (non-hydrogen) atoms. The number of amides is 2. The maximum atomic E-state index is 14.2. The fourth-order valence-electron chi connectivity index (χ4n) is 5.49. The molecule has 2 amide bonds. The quantitative estimate of drug-likeness (QED) is 0.319. The van der Waals surface area contributed by atoms with Gasteiger partial charge >= 0.3 is 0 Å². The molecule has 0 saturated heterocycles. The van der Waals surface area contributed by atoms with E-state index in [0.717, 1.165) is 47.9 Å². The van der Waals surface area contributed by atoms with Crippen LogP contribution in [0.4, 0.5) is 5.69 Å². The van der Waals surface area contributed by atoms with Crippen LogP contribution >= 0.6 is 0 Å². The Morgan fingerprint density at radius 3 is 2.22 bits per heavy atom. The van der Waals surface area contributed by atoms with Crippen LogP contribution in [0.2, 0.25) is 0 Å². The number of sulfonamides is 1. The molecule has 0 spiro atoms. The Labute approximate surface area is 244 Å². The van der Waals surface area contributed by atoms with Crippen molar-refractivity contribution in [2.45, 2.75) is 83.3 Å². The van der Waals surface area contributed by atoms with Crippen molar-refractivity contribution >= 4 is 27.5 Å². The molecule has 1 aliphatic rings. The molecule has 1 saturated carbocycles. The number of para-hydroxylation sites is 1. The highest BCUT2D eigenvalue weighted by atomic mass is 32.2. The minimum absolute atomic E-state index is 0.107. The molecule has 0 heterocycles. The number of carbonyl (C=O) groups is 2. The number of hydrogen-bond donors (Lipinski definition) is 1. The summed E-state index contributed by atoms with van der Waals surface area (Å²) in [5.74, 6) is -0.622. The molecule has 0 radical (unpaired) electrons. The van der Waals surface area contributed by atoms with E-state index >= 15 is 0 Å². The summed E-state index contributed by atoms with van der Waals surface area (Å²) in [5, 5.41) is 3.15. The van der Waals surface area contributed by atoms with Gasteiger partial charge in [0.1, 0.15) is 12.6 Å². The minimum Gasteiger partial charge on any atom is -0.352 e. The first-order valence-electron chi connectivity index (χ1n) is 14.4. The van der Waals surface area contributed by atoms with Gasteiger partial charge < -0.3 is 10.2 Å². The van der Waals surface area contributed by atoms with Gasteiger partial charge in [-0.15, -0.1) is 0 Å². The lowest BCUT2D eigenvalue weighted by Gasteiger charge is -2.34. The molecule has 8 heteroatoms. The topological polar surface area (TPSA) is 86.8 Å². The van der Waals surface area contributed by atoms with Crippen molar-refractivity contribution in [1.82, 2.24) is 10.2 Å². The zero-order chi connectivity index (χ0) is 29.6. The second-order valence-electron chi connectivity index (χ2n) is 11.0. The third-order valence-corrected chi connectivity index (χ3v) is 9.57. The Morgan fingerprint density at radius 1 is 0.902 bits per heavy atom. The molecule has 218 valence electrons. The van der Waals surface area contributed by atoms with E-state index in [9.17, 15) is 18.0 Å². The van der Waals surface area contributed by atoms with E-state index < -0.39 is 28.5 Å². The van der Waals surface area contributed by atoms with Gasteiger partial charge in [0, 0.05) is 12.6 Å². The van der Waals surface area contributed by atoms with Crippen molar-refractivity contribution in [1.29, 1.82) is 0 Å². The third-order valence-electron chi connectivity index (χ3n) is 7.79. The smallest absolute Gasteiger partial charge is 0.264 e. The second kappa shape index (κ2) is 13.3. The van der Waals surface area contributed by atoms with E-state index in [2.05, 4.69) is 5.32 Å². The fourth-order valence-corrected chi connectivity index (χ4v) is 6.97. The average Bonchev–Trinajstić information content (AvgIpc) is 3.45. The Morgan fingerprint density at radius 2 is 1.59 bits per heavy atom. The lowest BCUT2D eigenvalue weighted by molar-refractivity contribution is -0.140. The van der Waals surface area contributed by atoms with Gasteiger partial charge in [0.2, 0.25) is 11.8 Å². The molecular formula is C33H41N3O4S. The summed E-state index contributed by atoms with van der Waals surface area (Å²) >= 11 is 0. The van der Waals surface area contributed by atoms with Crippen LogP contribution in [0, 0.1) is 20.8 Å². The van der Waals surface area contributed by atoms with Gasteiger partial charge in [-0.1, -0.05) is 85.5 Å². The van der Waals surface area contributed by atoms with Gasteiger partial charge in [-0.2, -0.15) is 0 Å². The molecule has 4 rings (SSSR count). The number of hydrogen-bond acceptors (Lipinski definition) is 4. The SMILES string of the molecule is CCC(C(=O)NC1CCCC1)N(Cc1cccc(C)c1)C(=O)CN(c1ccccc1C)S(=O)(=O)c1ccc(C)cc1. The Bertz CT molecular complexity index is 1460. The molecule has 1 unspecified atom stereocenters. The Kier molecular flexibility index (Phi) is 9.86. The Hall–Kier alpha value is -3.65. The van der Waals surface area contributed by atoms with Crippen molar-refractivity contribution in [3.63, 3.8) is 0 Å². The molecule has 1 fully saturated rings. The number of rotatable bonds is 11. The number of aryl methyl sites for hydroxylation is 3.